The molecule has 0 aromatic carbocycles. The number of hydrogen-bond donors (Lipinski definition) is 0. The summed E-state index contributed by atoms with van der Waals surface area (Å²) in [7, 11) is 2.17. The summed E-state index contributed by atoms with van der Waals surface area (Å²) in [5, 5.41) is 3.83. The maximum atomic E-state index is 12.9. The van der Waals surface area contributed by atoms with E-state index in [1.165, 1.54) is 17.1 Å². The minimum Gasteiger partial charge on any atom is -0.480 e. The number of methoxy groups -OCH3 is 2. The molecule has 19 heavy (non-hydrogen) atoms. The monoisotopic (exact) mass is 274 g/mol. The third-order valence-electron chi connectivity index (χ3n) is 2.21. The Hall–Kier alpha value is -2.32. The van der Waals surface area contributed by atoms with Crippen LogP contribution < -0.4 is 9.47 Å². The van der Waals surface area contributed by atoms with Crippen molar-refractivity contribution in [2.24, 2.45) is 0 Å². The first-order valence-electron chi connectivity index (χ1n) is 5.04. The third kappa shape index (κ3) is 2.44. The molecule has 0 spiro atoms. The second-order valence-electron chi connectivity index (χ2n) is 3.37. The van der Waals surface area contributed by atoms with Crippen LogP contribution in [0, 0.1) is 0 Å². The minimum atomic E-state index is -4.68. The topological polar surface area (TPSA) is 62.1 Å². The van der Waals surface area contributed by atoms with E-state index in [-0.39, 0.29) is 5.95 Å². The van der Waals surface area contributed by atoms with E-state index < -0.39 is 23.5 Å². The maximum absolute atomic E-state index is 12.9. The first-order chi connectivity index (χ1) is 8.97. The Morgan fingerprint density at radius 2 is 1.68 bits per heavy atom. The largest absolute Gasteiger partial charge is 0.480 e. The summed E-state index contributed by atoms with van der Waals surface area (Å²) in [6, 6.07) is 1.58. The van der Waals surface area contributed by atoms with Gasteiger partial charge in [0.15, 0.2) is 5.56 Å². The van der Waals surface area contributed by atoms with Gasteiger partial charge in [-0.2, -0.15) is 28.2 Å². The Morgan fingerprint density at radius 3 is 2.05 bits per heavy atom. The predicted molar refractivity (Wildman–Crippen MR) is 57.3 cm³/mol. The molecule has 0 fully saturated rings. The lowest BCUT2D eigenvalue weighted by atomic mass is 10.3. The van der Waals surface area contributed by atoms with E-state index in [4.69, 9.17) is 0 Å². The van der Waals surface area contributed by atoms with E-state index in [1.54, 1.807) is 6.07 Å². The van der Waals surface area contributed by atoms with Crippen LogP contribution in [0.25, 0.3) is 5.95 Å². The van der Waals surface area contributed by atoms with Crippen LogP contribution in [0.4, 0.5) is 13.2 Å². The van der Waals surface area contributed by atoms with E-state index in [1.807, 2.05) is 0 Å². The SMILES string of the molecule is COc1nc(-n2cccn2)nc(OC)c1C(F)(F)F. The van der Waals surface area contributed by atoms with Crippen molar-refractivity contribution in [3.63, 3.8) is 0 Å². The number of aromatic nitrogens is 4. The average Bonchev–Trinajstić information content (AvgIpc) is 2.89. The quantitative estimate of drug-likeness (QED) is 0.852. The van der Waals surface area contributed by atoms with Gasteiger partial charge in [0.1, 0.15) is 0 Å². The Morgan fingerprint density at radius 1 is 1.11 bits per heavy atom. The molecule has 0 bridgehead atoms. The highest BCUT2D eigenvalue weighted by molar-refractivity contribution is 5.40. The molecule has 0 amide bonds. The number of halogens is 3. The molecule has 2 aromatic heterocycles. The molecule has 0 aliphatic carbocycles. The van der Waals surface area contributed by atoms with Gasteiger partial charge in [-0.05, 0) is 6.07 Å². The molecule has 0 saturated carbocycles. The van der Waals surface area contributed by atoms with Gasteiger partial charge in [-0.1, -0.05) is 0 Å². The van der Waals surface area contributed by atoms with Crippen LogP contribution in [-0.4, -0.2) is 34.0 Å². The fourth-order valence-corrected chi connectivity index (χ4v) is 1.44. The maximum Gasteiger partial charge on any atom is 0.426 e. The molecule has 0 N–H and O–H groups in total. The van der Waals surface area contributed by atoms with E-state index >= 15 is 0 Å². The summed E-state index contributed by atoms with van der Waals surface area (Å²) in [4.78, 5) is 7.35. The zero-order valence-corrected chi connectivity index (χ0v) is 9.97. The molecular formula is C10H9F3N4O2. The fraction of sp³-hybridized carbons (Fsp3) is 0.300. The standard InChI is InChI=1S/C10H9F3N4O2/c1-18-7-6(10(11,12)13)8(19-2)16-9(15-7)17-5-3-4-14-17/h3-5H,1-2H3. The number of nitrogens with zero attached hydrogens (tertiary/aromatic N) is 4. The van der Waals surface area contributed by atoms with E-state index in [0.29, 0.717) is 0 Å². The van der Waals surface area contributed by atoms with Crippen molar-refractivity contribution in [2.45, 2.75) is 6.18 Å². The lowest BCUT2D eigenvalue weighted by Gasteiger charge is -2.14. The Kier molecular flexibility index (Phi) is 3.28. The van der Waals surface area contributed by atoms with Crippen LogP contribution in [0.1, 0.15) is 5.56 Å². The van der Waals surface area contributed by atoms with E-state index in [0.717, 1.165) is 14.2 Å². The molecule has 0 atom stereocenters. The van der Waals surface area contributed by atoms with Gasteiger partial charge in [0.05, 0.1) is 14.2 Å². The molecule has 2 rings (SSSR count). The predicted octanol–water partition coefficient (Wildman–Crippen LogP) is 1.70. The molecule has 0 saturated heterocycles. The third-order valence-corrected chi connectivity index (χ3v) is 2.21. The smallest absolute Gasteiger partial charge is 0.426 e. The van der Waals surface area contributed by atoms with Gasteiger partial charge in [-0.25, -0.2) is 4.68 Å². The van der Waals surface area contributed by atoms with E-state index in [2.05, 4.69) is 24.5 Å². The molecule has 2 aromatic rings. The summed E-state index contributed by atoms with van der Waals surface area (Å²) < 4.78 is 49.2. The normalized spacial score (nSPS) is 11.4. The Balaban J connectivity index is 2.65. The van der Waals surface area contributed by atoms with Crippen LogP contribution in [0.5, 0.6) is 11.8 Å². The number of hydrogen-bond acceptors (Lipinski definition) is 5. The second kappa shape index (κ2) is 4.75. The zero-order chi connectivity index (χ0) is 14.0. The zero-order valence-electron chi connectivity index (χ0n) is 9.97. The van der Waals surface area contributed by atoms with Gasteiger partial charge in [0, 0.05) is 12.4 Å². The second-order valence-corrected chi connectivity index (χ2v) is 3.37. The summed E-state index contributed by atoms with van der Waals surface area (Å²) >= 11 is 0. The highest BCUT2D eigenvalue weighted by Crippen LogP contribution is 2.40. The van der Waals surface area contributed by atoms with Crippen molar-refractivity contribution < 1.29 is 22.6 Å². The van der Waals surface area contributed by atoms with Crippen molar-refractivity contribution in [3.05, 3.63) is 24.0 Å². The molecule has 0 aliphatic rings. The lowest BCUT2D eigenvalue weighted by Crippen LogP contribution is -2.15. The van der Waals surface area contributed by atoms with Crippen LogP contribution in [-0.2, 0) is 6.18 Å². The molecule has 102 valence electrons. The highest BCUT2D eigenvalue weighted by atomic mass is 19.4. The first kappa shape index (κ1) is 13.1. The summed E-state index contributed by atoms with van der Waals surface area (Å²) in [6.45, 7) is 0. The van der Waals surface area contributed by atoms with Gasteiger partial charge in [-0.3, -0.25) is 0 Å². The van der Waals surface area contributed by atoms with Crippen molar-refractivity contribution in [1.82, 2.24) is 19.7 Å². The van der Waals surface area contributed by atoms with Gasteiger partial charge in [0.25, 0.3) is 5.95 Å². The summed E-state index contributed by atoms with van der Waals surface area (Å²) in [5.41, 5.74) is -1.16. The fourth-order valence-electron chi connectivity index (χ4n) is 1.44. The van der Waals surface area contributed by atoms with Crippen molar-refractivity contribution in [2.75, 3.05) is 14.2 Å². The summed E-state index contributed by atoms with van der Waals surface area (Å²) in [6.07, 6.45) is -1.75. The molecule has 6 nitrogen and oxygen atoms in total. The molecule has 0 radical (unpaired) electrons. The first-order valence-corrected chi connectivity index (χ1v) is 5.04. The van der Waals surface area contributed by atoms with Crippen LogP contribution in [0.2, 0.25) is 0 Å². The Bertz CT molecular complexity index is 544. The van der Waals surface area contributed by atoms with E-state index in [9.17, 15) is 13.2 Å². The van der Waals surface area contributed by atoms with Gasteiger partial charge < -0.3 is 9.47 Å². The van der Waals surface area contributed by atoms with Crippen LogP contribution in [0.15, 0.2) is 18.5 Å². The number of alkyl halides is 3. The van der Waals surface area contributed by atoms with Crippen molar-refractivity contribution >= 4 is 0 Å². The average molecular weight is 274 g/mol. The van der Waals surface area contributed by atoms with Crippen LogP contribution >= 0.6 is 0 Å². The molecule has 9 heteroatoms. The van der Waals surface area contributed by atoms with Crippen molar-refractivity contribution in [3.8, 4) is 17.7 Å². The van der Waals surface area contributed by atoms with Crippen molar-refractivity contribution in [1.29, 1.82) is 0 Å². The van der Waals surface area contributed by atoms with Crippen LogP contribution in [0.3, 0.4) is 0 Å². The van der Waals surface area contributed by atoms with Gasteiger partial charge >= 0.3 is 6.18 Å². The van der Waals surface area contributed by atoms with Gasteiger partial charge in [-0.15, -0.1) is 0 Å². The minimum absolute atomic E-state index is 0.0771. The van der Waals surface area contributed by atoms with Gasteiger partial charge in [0.2, 0.25) is 11.8 Å². The molecular weight excluding hydrogens is 265 g/mol. The Labute approximate surface area is 105 Å². The number of rotatable bonds is 3. The highest BCUT2D eigenvalue weighted by Gasteiger charge is 2.40. The lowest BCUT2D eigenvalue weighted by molar-refractivity contribution is -0.140. The molecule has 0 unspecified atom stereocenters. The summed E-state index contributed by atoms with van der Waals surface area (Å²) in [5.74, 6) is -1.32. The number of ether oxygens (including phenoxy) is 2. The molecule has 2 heterocycles. The molecule has 0 aliphatic heterocycles.